The molecule has 170 valence electrons. The molecule has 0 atom stereocenters. The van der Waals surface area contributed by atoms with Gasteiger partial charge in [0.2, 0.25) is 15.9 Å². The molecule has 0 saturated heterocycles. The van der Waals surface area contributed by atoms with Crippen LogP contribution in [0.25, 0.3) is 11.2 Å². The quantitative estimate of drug-likeness (QED) is 0.397. The Hall–Kier alpha value is -3.56. The predicted molar refractivity (Wildman–Crippen MR) is 127 cm³/mol. The predicted octanol–water partition coefficient (Wildman–Crippen LogP) is 3.15. The summed E-state index contributed by atoms with van der Waals surface area (Å²) in [6, 6.07) is 20.0. The minimum absolute atomic E-state index is 0.134. The van der Waals surface area contributed by atoms with E-state index in [0.717, 1.165) is 29.8 Å². The minimum atomic E-state index is -3.70. The van der Waals surface area contributed by atoms with Crippen molar-refractivity contribution < 1.29 is 13.2 Å². The second-order valence-electron chi connectivity index (χ2n) is 7.61. The number of aryl methyl sites for hydroxylation is 2. The third-order valence-electron chi connectivity index (χ3n) is 5.18. The number of pyridine rings is 1. The van der Waals surface area contributed by atoms with Crippen molar-refractivity contribution in [2.45, 2.75) is 31.2 Å². The fourth-order valence-electron chi connectivity index (χ4n) is 3.63. The zero-order chi connectivity index (χ0) is 23.3. The van der Waals surface area contributed by atoms with Crippen molar-refractivity contribution in [3.05, 3.63) is 84.3 Å². The molecule has 8 nitrogen and oxygen atoms in total. The van der Waals surface area contributed by atoms with E-state index in [-0.39, 0.29) is 17.3 Å². The number of rotatable bonds is 9. The number of hydrogen-bond acceptors (Lipinski definition) is 5. The zero-order valence-electron chi connectivity index (χ0n) is 18.2. The zero-order valence-corrected chi connectivity index (χ0v) is 19.0. The molecule has 0 radical (unpaired) electrons. The van der Waals surface area contributed by atoms with Crippen LogP contribution in [0.4, 0.5) is 5.69 Å². The van der Waals surface area contributed by atoms with Crippen LogP contribution >= 0.6 is 0 Å². The molecule has 0 fully saturated rings. The Morgan fingerprint density at radius 1 is 0.970 bits per heavy atom. The van der Waals surface area contributed by atoms with Gasteiger partial charge >= 0.3 is 0 Å². The molecule has 0 aliphatic carbocycles. The van der Waals surface area contributed by atoms with Crippen LogP contribution in [0, 0.1) is 0 Å². The Morgan fingerprint density at radius 2 is 1.73 bits per heavy atom. The molecular weight excluding hydrogens is 438 g/mol. The maximum absolute atomic E-state index is 12.7. The van der Waals surface area contributed by atoms with Crippen LogP contribution in [-0.2, 0) is 34.2 Å². The molecule has 2 aromatic heterocycles. The maximum Gasteiger partial charge on any atom is 0.240 e. The number of benzene rings is 2. The Balaban J connectivity index is 1.46. The van der Waals surface area contributed by atoms with Crippen LogP contribution in [-0.4, -0.2) is 35.4 Å². The highest BCUT2D eigenvalue weighted by Crippen LogP contribution is 2.17. The second kappa shape index (κ2) is 9.93. The molecule has 0 spiro atoms. The van der Waals surface area contributed by atoms with Crippen molar-refractivity contribution in [2.75, 3.05) is 11.9 Å². The lowest BCUT2D eigenvalue weighted by molar-refractivity contribution is -0.114. The summed E-state index contributed by atoms with van der Waals surface area (Å²) in [6.45, 7) is 1.99. The highest BCUT2D eigenvalue weighted by atomic mass is 32.2. The number of amides is 1. The maximum atomic E-state index is 12.7. The summed E-state index contributed by atoms with van der Waals surface area (Å²) < 4.78 is 30.0. The lowest BCUT2D eigenvalue weighted by atomic mass is 10.1. The Labute approximate surface area is 192 Å². The van der Waals surface area contributed by atoms with Crippen LogP contribution in [0.1, 0.15) is 18.3 Å². The molecule has 0 unspecified atom stereocenters. The monoisotopic (exact) mass is 463 g/mol. The smallest absolute Gasteiger partial charge is 0.240 e. The normalized spacial score (nSPS) is 11.5. The largest absolute Gasteiger partial charge is 0.326 e. The van der Waals surface area contributed by atoms with Crippen molar-refractivity contribution in [3.8, 4) is 0 Å². The number of nitrogens with zero attached hydrogens (tertiary/aromatic N) is 3. The summed E-state index contributed by atoms with van der Waals surface area (Å²) in [5.74, 6) is 0.652. The molecular formula is C24H25N5O3S. The van der Waals surface area contributed by atoms with Gasteiger partial charge in [-0.25, -0.2) is 23.1 Å². The van der Waals surface area contributed by atoms with E-state index in [1.54, 1.807) is 18.3 Å². The van der Waals surface area contributed by atoms with Gasteiger partial charge in [-0.05, 0) is 48.4 Å². The SMILES string of the molecule is CC(=O)Nc1ccc(S(=O)(=O)NCCn2c(CCc3ccccc3)nc3cccnc32)cc1. The summed E-state index contributed by atoms with van der Waals surface area (Å²) in [4.78, 5) is 20.5. The third-order valence-corrected chi connectivity index (χ3v) is 6.65. The van der Waals surface area contributed by atoms with Crippen molar-refractivity contribution in [2.24, 2.45) is 0 Å². The van der Waals surface area contributed by atoms with Crippen molar-refractivity contribution in [3.63, 3.8) is 0 Å². The first-order valence-electron chi connectivity index (χ1n) is 10.6. The van der Waals surface area contributed by atoms with Gasteiger partial charge in [0.1, 0.15) is 11.3 Å². The average Bonchev–Trinajstić information content (AvgIpc) is 3.16. The van der Waals surface area contributed by atoms with Crippen LogP contribution in [0.2, 0.25) is 0 Å². The van der Waals surface area contributed by atoms with Crippen LogP contribution in [0.5, 0.6) is 0 Å². The van der Waals surface area contributed by atoms with E-state index in [1.807, 2.05) is 34.9 Å². The number of nitrogens with one attached hydrogen (secondary N) is 2. The van der Waals surface area contributed by atoms with Gasteiger partial charge in [0.05, 0.1) is 4.90 Å². The number of imidazole rings is 1. The number of hydrogen-bond donors (Lipinski definition) is 2. The first kappa shape index (κ1) is 22.6. The van der Waals surface area contributed by atoms with Gasteiger partial charge in [-0.15, -0.1) is 0 Å². The van der Waals surface area contributed by atoms with E-state index in [2.05, 4.69) is 27.2 Å². The van der Waals surface area contributed by atoms with Gasteiger partial charge in [0.25, 0.3) is 0 Å². The fourth-order valence-corrected chi connectivity index (χ4v) is 4.65. The van der Waals surface area contributed by atoms with Crippen LogP contribution < -0.4 is 10.0 Å². The molecule has 4 rings (SSSR count). The lowest BCUT2D eigenvalue weighted by Crippen LogP contribution is -2.28. The highest BCUT2D eigenvalue weighted by molar-refractivity contribution is 7.89. The van der Waals surface area contributed by atoms with E-state index < -0.39 is 10.0 Å². The van der Waals surface area contributed by atoms with Gasteiger partial charge in [-0.2, -0.15) is 0 Å². The number of fused-ring (bicyclic) bond motifs is 1. The summed E-state index contributed by atoms with van der Waals surface area (Å²) in [5.41, 5.74) is 3.28. The molecule has 0 bridgehead atoms. The lowest BCUT2D eigenvalue weighted by Gasteiger charge is -2.11. The van der Waals surface area contributed by atoms with Crippen LogP contribution in [0.15, 0.2) is 77.8 Å². The van der Waals surface area contributed by atoms with Gasteiger partial charge in [-0.1, -0.05) is 30.3 Å². The molecule has 2 N–H and O–H groups in total. The Kier molecular flexibility index (Phi) is 6.81. The molecule has 4 aromatic rings. The molecule has 0 aliphatic heterocycles. The topological polar surface area (TPSA) is 106 Å². The van der Waals surface area contributed by atoms with E-state index in [4.69, 9.17) is 4.98 Å². The highest BCUT2D eigenvalue weighted by Gasteiger charge is 2.16. The Bertz CT molecular complexity index is 1350. The first-order chi connectivity index (χ1) is 15.9. The van der Waals surface area contributed by atoms with Gasteiger partial charge in [0.15, 0.2) is 5.65 Å². The average molecular weight is 464 g/mol. The number of carbonyl (C=O) groups is 1. The van der Waals surface area contributed by atoms with E-state index in [1.165, 1.54) is 24.6 Å². The summed E-state index contributed by atoms with van der Waals surface area (Å²) >= 11 is 0. The van der Waals surface area contributed by atoms with E-state index in [9.17, 15) is 13.2 Å². The summed E-state index contributed by atoms with van der Waals surface area (Å²) in [7, 11) is -3.70. The van der Waals surface area contributed by atoms with Crippen LogP contribution in [0.3, 0.4) is 0 Å². The molecule has 9 heteroatoms. The third kappa shape index (κ3) is 5.63. The number of aromatic nitrogens is 3. The Morgan fingerprint density at radius 3 is 2.45 bits per heavy atom. The number of carbonyl (C=O) groups excluding carboxylic acids is 1. The van der Waals surface area contributed by atoms with E-state index in [0.29, 0.717) is 12.2 Å². The van der Waals surface area contributed by atoms with Gasteiger partial charge in [-0.3, -0.25) is 4.79 Å². The van der Waals surface area contributed by atoms with Gasteiger partial charge < -0.3 is 9.88 Å². The van der Waals surface area contributed by atoms with Gasteiger partial charge in [0, 0.05) is 38.3 Å². The summed E-state index contributed by atoms with van der Waals surface area (Å²) in [6.07, 6.45) is 3.26. The molecule has 2 heterocycles. The molecule has 2 aromatic carbocycles. The molecule has 1 amide bonds. The van der Waals surface area contributed by atoms with Crippen molar-refractivity contribution >= 4 is 32.8 Å². The molecule has 0 saturated carbocycles. The second-order valence-corrected chi connectivity index (χ2v) is 9.38. The first-order valence-corrected chi connectivity index (χ1v) is 12.1. The van der Waals surface area contributed by atoms with Crippen molar-refractivity contribution in [1.29, 1.82) is 0 Å². The molecule has 0 aliphatic rings. The standard InChI is InChI=1S/C24H25N5O3S/c1-18(30)27-20-10-12-21(13-11-20)33(31,32)26-16-17-29-23(14-9-19-6-3-2-4-7-19)28-22-8-5-15-25-24(22)29/h2-8,10-13,15,26H,9,14,16-17H2,1H3,(H,27,30). The summed E-state index contributed by atoms with van der Waals surface area (Å²) in [5, 5.41) is 2.62. The number of sulfonamides is 1. The van der Waals surface area contributed by atoms with Crippen molar-refractivity contribution in [1.82, 2.24) is 19.3 Å². The van der Waals surface area contributed by atoms with E-state index >= 15 is 0 Å². The minimum Gasteiger partial charge on any atom is -0.326 e. The molecule has 33 heavy (non-hydrogen) atoms. The number of anilines is 1. The fraction of sp³-hybridized carbons (Fsp3) is 0.208.